The topological polar surface area (TPSA) is 116 Å². The van der Waals surface area contributed by atoms with E-state index in [4.69, 9.17) is 9.84 Å². The molecule has 1 aromatic rings. The molecule has 1 aromatic heterocycles. The van der Waals surface area contributed by atoms with Crippen LogP contribution in [0.1, 0.15) is 11.3 Å². The zero-order valence-electron chi connectivity index (χ0n) is 9.98. The molecule has 7 nitrogen and oxygen atoms in total. The van der Waals surface area contributed by atoms with Crippen LogP contribution in [0.4, 0.5) is 0 Å². The Morgan fingerprint density at radius 2 is 2.21 bits per heavy atom. The van der Waals surface area contributed by atoms with Gasteiger partial charge in [0.1, 0.15) is 24.4 Å². The molecule has 0 bridgehead atoms. The average molecular weight is 266 g/mol. The lowest BCUT2D eigenvalue weighted by atomic mass is 10.0. The lowest BCUT2D eigenvalue weighted by Crippen LogP contribution is -2.34. The Bertz CT molecular complexity index is 582. The second kappa shape index (κ2) is 4.53. The number of aromatic nitrogens is 2. The summed E-state index contributed by atoms with van der Waals surface area (Å²) < 4.78 is 5.45. The van der Waals surface area contributed by atoms with Crippen LogP contribution in [0.5, 0.6) is 0 Å². The number of hydrogen-bond donors (Lipinski definition) is 4. The molecular formula is C12H14N2O5. The molecule has 1 aliphatic heterocycles. The van der Waals surface area contributed by atoms with E-state index in [0.29, 0.717) is 23.3 Å². The number of aliphatic hydroxyl groups is 3. The van der Waals surface area contributed by atoms with E-state index in [0.717, 1.165) is 0 Å². The second-order valence-corrected chi connectivity index (χ2v) is 4.68. The molecule has 4 N–H and O–H groups in total. The van der Waals surface area contributed by atoms with Gasteiger partial charge in [-0.25, -0.2) is 4.98 Å². The minimum absolute atomic E-state index is 0.219. The van der Waals surface area contributed by atoms with Crippen LogP contribution in [0.2, 0.25) is 0 Å². The number of nitrogens with one attached hydrogen (secondary N) is 1. The number of aromatic amines is 1. The number of fused-ring (bicyclic) bond motifs is 1. The van der Waals surface area contributed by atoms with Gasteiger partial charge in [-0.3, -0.25) is 4.79 Å². The second-order valence-electron chi connectivity index (χ2n) is 4.68. The normalized spacial score (nSPS) is 33.3. The number of aliphatic hydroxyl groups excluding tert-OH is 3. The zero-order valence-corrected chi connectivity index (χ0v) is 9.98. The summed E-state index contributed by atoms with van der Waals surface area (Å²) in [7, 11) is 0. The van der Waals surface area contributed by atoms with Crippen molar-refractivity contribution >= 4 is 5.57 Å². The van der Waals surface area contributed by atoms with Gasteiger partial charge in [-0.1, -0.05) is 6.08 Å². The van der Waals surface area contributed by atoms with E-state index in [9.17, 15) is 15.0 Å². The molecule has 7 heteroatoms. The summed E-state index contributed by atoms with van der Waals surface area (Å²) in [6.45, 7) is -0.377. The standard InChI is InChI=1S/C12H14N2O5/c15-3-7-9(16)10(17)11(19-7)5-1-2-6-8(5)13-4-14-12(6)18/h1,4,7,9-11,15-17H,2-3H2,(H,13,14,18)/t7-,9-,10-,11+/m1/s1. The van der Waals surface area contributed by atoms with Gasteiger partial charge in [-0.2, -0.15) is 0 Å². The van der Waals surface area contributed by atoms with Crippen molar-refractivity contribution in [3.05, 3.63) is 34.0 Å². The molecule has 1 aliphatic carbocycles. The van der Waals surface area contributed by atoms with E-state index in [1.54, 1.807) is 6.08 Å². The van der Waals surface area contributed by atoms with E-state index in [1.807, 2.05) is 0 Å². The van der Waals surface area contributed by atoms with E-state index in [-0.39, 0.29) is 12.2 Å². The molecule has 0 unspecified atom stereocenters. The summed E-state index contributed by atoms with van der Waals surface area (Å²) >= 11 is 0. The monoisotopic (exact) mass is 266 g/mol. The number of allylic oxidation sites excluding steroid dienone is 1. The molecule has 2 aliphatic rings. The van der Waals surface area contributed by atoms with Crippen LogP contribution in [0.25, 0.3) is 5.57 Å². The third-order valence-electron chi connectivity index (χ3n) is 3.60. The minimum atomic E-state index is -1.15. The van der Waals surface area contributed by atoms with Gasteiger partial charge in [0.15, 0.2) is 0 Å². The van der Waals surface area contributed by atoms with Gasteiger partial charge in [0.25, 0.3) is 5.56 Å². The predicted octanol–water partition coefficient (Wildman–Crippen LogP) is -1.81. The lowest BCUT2D eigenvalue weighted by molar-refractivity contribution is -0.0110. The largest absolute Gasteiger partial charge is 0.394 e. The summed E-state index contributed by atoms with van der Waals surface area (Å²) in [5, 5.41) is 28.8. The maximum Gasteiger partial charge on any atom is 0.254 e. The molecule has 0 radical (unpaired) electrons. The van der Waals surface area contributed by atoms with Crippen molar-refractivity contribution in [3.8, 4) is 0 Å². The molecule has 4 atom stereocenters. The first kappa shape index (κ1) is 12.5. The molecule has 102 valence electrons. The minimum Gasteiger partial charge on any atom is -0.394 e. The Hall–Kier alpha value is -1.54. The lowest BCUT2D eigenvalue weighted by Gasteiger charge is -2.16. The predicted molar refractivity (Wildman–Crippen MR) is 64.3 cm³/mol. The van der Waals surface area contributed by atoms with E-state index in [1.165, 1.54) is 6.33 Å². The molecule has 0 spiro atoms. The highest BCUT2D eigenvalue weighted by Gasteiger charge is 2.45. The van der Waals surface area contributed by atoms with Crippen molar-refractivity contribution in [1.29, 1.82) is 0 Å². The van der Waals surface area contributed by atoms with Crippen molar-refractivity contribution in [2.24, 2.45) is 0 Å². The van der Waals surface area contributed by atoms with E-state index >= 15 is 0 Å². The molecule has 3 rings (SSSR count). The molecule has 1 fully saturated rings. The Balaban J connectivity index is 1.95. The molecule has 19 heavy (non-hydrogen) atoms. The number of nitrogens with zero attached hydrogens (tertiary/aromatic N) is 1. The highest BCUT2D eigenvalue weighted by molar-refractivity contribution is 5.73. The molecule has 0 amide bonds. The highest BCUT2D eigenvalue weighted by atomic mass is 16.6. The first-order valence-electron chi connectivity index (χ1n) is 6.03. The first-order valence-corrected chi connectivity index (χ1v) is 6.03. The number of ether oxygens (including phenoxy) is 1. The molecule has 0 saturated carbocycles. The summed E-state index contributed by atoms with van der Waals surface area (Å²) in [5.41, 5.74) is 1.38. The van der Waals surface area contributed by atoms with E-state index in [2.05, 4.69) is 9.97 Å². The maximum absolute atomic E-state index is 11.6. The van der Waals surface area contributed by atoms with Crippen molar-refractivity contribution in [1.82, 2.24) is 9.97 Å². The van der Waals surface area contributed by atoms with Crippen LogP contribution in [0.3, 0.4) is 0 Å². The summed E-state index contributed by atoms with van der Waals surface area (Å²) in [5.74, 6) is 0. The highest BCUT2D eigenvalue weighted by Crippen LogP contribution is 2.34. The fraction of sp³-hybridized carbons (Fsp3) is 0.500. The fourth-order valence-corrected chi connectivity index (χ4v) is 2.58. The van der Waals surface area contributed by atoms with Crippen molar-refractivity contribution in [3.63, 3.8) is 0 Å². The van der Waals surface area contributed by atoms with Crippen LogP contribution >= 0.6 is 0 Å². The van der Waals surface area contributed by atoms with Crippen LogP contribution in [0.15, 0.2) is 17.2 Å². The molecule has 2 heterocycles. The Labute approximate surface area is 108 Å². The quantitative estimate of drug-likeness (QED) is 0.501. The van der Waals surface area contributed by atoms with Crippen LogP contribution in [-0.2, 0) is 11.2 Å². The van der Waals surface area contributed by atoms with Gasteiger partial charge in [0.2, 0.25) is 0 Å². The number of hydrogen-bond acceptors (Lipinski definition) is 6. The van der Waals surface area contributed by atoms with Gasteiger partial charge in [-0.15, -0.1) is 0 Å². The first-order chi connectivity index (χ1) is 9.13. The summed E-state index contributed by atoms with van der Waals surface area (Å²) in [6, 6.07) is 0. The smallest absolute Gasteiger partial charge is 0.254 e. The Morgan fingerprint density at radius 3 is 2.89 bits per heavy atom. The number of rotatable bonds is 2. The third kappa shape index (κ3) is 1.82. The van der Waals surface area contributed by atoms with Gasteiger partial charge in [0, 0.05) is 11.1 Å². The van der Waals surface area contributed by atoms with Gasteiger partial charge in [-0.05, 0) is 6.42 Å². The third-order valence-corrected chi connectivity index (χ3v) is 3.60. The van der Waals surface area contributed by atoms with Crippen LogP contribution in [0, 0.1) is 0 Å². The van der Waals surface area contributed by atoms with Crippen molar-refractivity contribution in [2.75, 3.05) is 6.61 Å². The van der Waals surface area contributed by atoms with Gasteiger partial charge >= 0.3 is 0 Å². The summed E-state index contributed by atoms with van der Waals surface area (Å²) in [4.78, 5) is 18.2. The molecule has 1 saturated heterocycles. The van der Waals surface area contributed by atoms with Crippen LogP contribution in [-0.4, -0.2) is 56.3 Å². The van der Waals surface area contributed by atoms with Gasteiger partial charge < -0.3 is 25.0 Å². The van der Waals surface area contributed by atoms with Crippen molar-refractivity contribution in [2.45, 2.75) is 30.8 Å². The van der Waals surface area contributed by atoms with E-state index < -0.39 is 24.4 Å². The maximum atomic E-state index is 11.6. The zero-order chi connectivity index (χ0) is 13.6. The molecular weight excluding hydrogens is 252 g/mol. The summed E-state index contributed by atoms with van der Waals surface area (Å²) in [6.07, 6.45) is -0.429. The molecule has 0 aromatic carbocycles. The SMILES string of the molecule is O=c1[nH]cnc2c1CC=C2[C@@H]1O[C@H](CO)[C@@H](O)[C@H]1O. The Kier molecular flexibility index (Phi) is 2.98. The Morgan fingerprint density at radius 1 is 1.42 bits per heavy atom. The average Bonchev–Trinajstić information content (AvgIpc) is 2.94. The number of H-pyrrole nitrogens is 1. The van der Waals surface area contributed by atoms with Crippen molar-refractivity contribution < 1.29 is 20.1 Å². The fourth-order valence-electron chi connectivity index (χ4n) is 2.58. The van der Waals surface area contributed by atoms with Gasteiger partial charge in [0.05, 0.1) is 18.6 Å². The van der Waals surface area contributed by atoms with Crippen LogP contribution < -0.4 is 5.56 Å².